The average Bonchev–Trinajstić information content (AvgIpc) is 2.50. The van der Waals surface area contributed by atoms with E-state index in [1.54, 1.807) is 16.9 Å². The third-order valence-corrected chi connectivity index (χ3v) is 4.45. The van der Waals surface area contributed by atoms with Crippen molar-refractivity contribution in [3.8, 4) is 5.75 Å². The van der Waals surface area contributed by atoms with Crippen molar-refractivity contribution in [3.05, 3.63) is 42.0 Å². The molecule has 0 aromatic heterocycles. The molecule has 0 aliphatic carbocycles. The highest BCUT2D eigenvalue weighted by Crippen LogP contribution is 2.27. The molecule has 2 aromatic rings. The largest absolute Gasteiger partial charge is 0.496 e. The second-order valence-corrected chi connectivity index (χ2v) is 5.85. The van der Waals surface area contributed by atoms with Crippen LogP contribution < -0.4 is 14.5 Å². The highest BCUT2D eigenvalue weighted by Gasteiger charge is 2.22. The van der Waals surface area contributed by atoms with Gasteiger partial charge in [0.1, 0.15) is 38.5 Å². The van der Waals surface area contributed by atoms with Gasteiger partial charge >= 0.3 is 0 Å². The maximum absolute atomic E-state index is 5.60. The lowest BCUT2D eigenvalue weighted by atomic mass is 10.0. The fourth-order valence-corrected chi connectivity index (χ4v) is 3.15. The topological polar surface area (TPSA) is 18.1 Å². The van der Waals surface area contributed by atoms with Crippen LogP contribution in [0.1, 0.15) is 5.56 Å². The summed E-state index contributed by atoms with van der Waals surface area (Å²) in [6.07, 6.45) is 0. The van der Waals surface area contributed by atoms with Crippen LogP contribution in [0.2, 0.25) is 0 Å². The first-order valence-electron chi connectivity index (χ1n) is 7.47. The molecule has 1 saturated heterocycles. The molecule has 0 spiro atoms. The van der Waals surface area contributed by atoms with Crippen LogP contribution in [0.25, 0.3) is 10.8 Å². The Morgan fingerprint density at radius 2 is 1.75 bits per heavy atom. The SMILES string of the molecule is COc1ccc2ccccc2c1C[NH+]1CC[NH+](C)CC1. The second kappa shape index (κ2) is 5.81. The molecule has 2 aromatic carbocycles. The number of likely N-dealkylation sites (N-methyl/N-ethyl adjacent to an activating group) is 1. The van der Waals surface area contributed by atoms with Gasteiger partial charge in [-0.15, -0.1) is 0 Å². The molecule has 1 heterocycles. The van der Waals surface area contributed by atoms with Crippen molar-refractivity contribution in [2.24, 2.45) is 0 Å². The number of quaternary nitrogens is 2. The van der Waals surface area contributed by atoms with Gasteiger partial charge in [0, 0.05) is 0 Å². The maximum atomic E-state index is 5.60. The van der Waals surface area contributed by atoms with E-state index in [1.165, 1.54) is 42.5 Å². The lowest BCUT2D eigenvalue weighted by molar-refractivity contribution is -1.01. The zero-order valence-corrected chi connectivity index (χ0v) is 12.4. The number of hydrogen-bond acceptors (Lipinski definition) is 1. The molecule has 0 unspecified atom stereocenters. The van der Waals surface area contributed by atoms with Gasteiger partial charge in [-0.1, -0.05) is 30.3 Å². The monoisotopic (exact) mass is 272 g/mol. The van der Waals surface area contributed by atoms with Crippen LogP contribution in [0.5, 0.6) is 5.75 Å². The van der Waals surface area contributed by atoms with Crippen LogP contribution in [0.3, 0.4) is 0 Å². The van der Waals surface area contributed by atoms with Crippen molar-refractivity contribution in [1.29, 1.82) is 0 Å². The number of rotatable bonds is 3. The summed E-state index contributed by atoms with van der Waals surface area (Å²) in [6.45, 7) is 6.10. The zero-order chi connectivity index (χ0) is 13.9. The Morgan fingerprint density at radius 3 is 2.50 bits per heavy atom. The Hall–Kier alpha value is -1.58. The Balaban J connectivity index is 1.92. The van der Waals surface area contributed by atoms with E-state index in [0.717, 1.165) is 12.3 Å². The van der Waals surface area contributed by atoms with Gasteiger partial charge in [-0.2, -0.15) is 0 Å². The van der Waals surface area contributed by atoms with Crippen LogP contribution in [0.15, 0.2) is 36.4 Å². The Labute approximate surface area is 120 Å². The molecule has 0 bridgehead atoms. The van der Waals surface area contributed by atoms with Crippen LogP contribution in [0, 0.1) is 0 Å². The summed E-state index contributed by atoms with van der Waals surface area (Å²) in [4.78, 5) is 3.32. The minimum atomic E-state index is 1.03. The van der Waals surface area contributed by atoms with Gasteiger partial charge < -0.3 is 14.5 Å². The summed E-state index contributed by atoms with van der Waals surface area (Å²) in [7, 11) is 4.06. The van der Waals surface area contributed by atoms with Gasteiger partial charge in [0.25, 0.3) is 0 Å². The fraction of sp³-hybridized carbons (Fsp3) is 0.412. The predicted octanol–water partition coefficient (Wildman–Crippen LogP) is -0.238. The smallest absolute Gasteiger partial charge is 0.128 e. The molecule has 2 N–H and O–H groups in total. The lowest BCUT2D eigenvalue weighted by Crippen LogP contribution is -3.26. The van der Waals surface area contributed by atoms with E-state index in [-0.39, 0.29) is 0 Å². The number of benzene rings is 2. The van der Waals surface area contributed by atoms with Crippen molar-refractivity contribution < 1.29 is 14.5 Å². The summed E-state index contributed by atoms with van der Waals surface area (Å²) in [5.41, 5.74) is 1.36. The van der Waals surface area contributed by atoms with Crippen LogP contribution in [-0.2, 0) is 6.54 Å². The molecule has 0 amide bonds. The standard InChI is InChI=1S/C17H22N2O/c1-18-9-11-19(12-10-18)13-16-15-6-4-3-5-14(15)7-8-17(16)20-2/h3-8H,9-13H2,1-2H3/p+2. The van der Waals surface area contributed by atoms with Crippen molar-refractivity contribution in [3.63, 3.8) is 0 Å². The molecule has 3 nitrogen and oxygen atoms in total. The molecule has 0 radical (unpaired) electrons. The summed E-state index contributed by atoms with van der Waals surface area (Å²) in [5.74, 6) is 1.03. The predicted molar refractivity (Wildman–Crippen MR) is 81.5 cm³/mol. The van der Waals surface area contributed by atoms with E-state index >= 15 is 0 Å². The van der Waals surface area contributed by atoms with Crippen molar-refractivity contribution in [2.75, 3.05) is 40.3 Å². The van der Waals surface area contributed by atoms with Crippen molar-refractivity contribution in [1.82, 2.24) is 0 Å². The van der Waals surface area contributed by atoms with Gasteiger partial charge in [0.2, 0.25) is 0 Å². The molecule has 106 valence electrons. The number of nitrogens with one attached hydrogen (secondary N) is 2. The molecular weight excluding hydrogens is 248 g/mol. The van der Waals surface area contributed by atoms with Gasteiger partial charge in [-0.05, 0) is 16.8 Å². The third-order valence-electron chi connectivity index (χ3n) is 4.45. The highest BCUT2D eigenvalue weighted by molar-refractivity contribution is 5.87. The molecular formula is C17H24N2O+2. The van der Waals surface area contributed by atoms with Crippen molar-refractivity contribution >= 4 is 10.8 Å². The molecule has 0 saturated carbocycles. The fourth-order valence-electron chi connectivity index (χ4n) is 3.15. The number of methoxy groups -OCH3 is 1. The van der Waals surface area contributed by atoms with Gasteiger partial charge in [-0.25, -0.2) is 0 Å². The summed E-state index contributed by atoms with van der Waals surface area (Å²) >= 11 is 0. The van der Waals surface area contributed by atoms with E-state index in [9.17, 15) is 0 Å². The maximum Gasteiger partial charge on any atom is 0.128 e. The number of fused-ring (bicyclic) bond motifs is 1. The van der Waals surface area contributed by atoms with E-state index in [1.807, 2.05) is 0 Å². The number of piperazine rings is 1. The Kier molecular flexibility index (Phi) is 3.90. The normalized spacial score (nSPS) is 22.9. The number of hydrogen-bond donors (Lipinski definition) is 2. The van der Waals surface area contributed by atoms with Gasteiger partial charge in [0.05, 0.1) is 19.7 Å². The van der Waals surface area contributed by atoms with E-state index in [0.29, 0.717) is 0 Å². The Bertz CT molecular complexity index is 589. The first kappa shape index (κ1) is 13.4. The highest BCUT2D eigenvalue weighted by atomic mass is 16.5. The minimum absolute atomic E-state index is 1.03. The summed E-state index contributed by atoms with van der Waals surface area (Å²) in [5, 5.41) is 2.65. The van der Waals surface area contributed by atoms with Gasteiger partial charge in [-0.3, -0.25) is 0 Å². The Morgan fingerprint density at radius 1 is 1.00 bits per heavy atom. The number of ether oxygens (including phenoxy) is 1. The lowest BCUT2D eigenvalue weighted by Gasteiger charge is -2.28. The average molecular weight is 272 g/mol. The minimum Gasteiger partial charge on any atom is -0.496 e. The molecule has 3 heteroatoms. The summed E-state index contributed by atoms with van der Waals surface area (Å²) < 4.78 is 5.60. The van der Waals surface area contributed by atoms with Crippen LogP contribution in [0.4, 0.5) is 0 Å². The first-order chi connectivity index (χ1) is 9.78. The summed E-state index contributed by atoms with van der Waals surface area (Å²) in [6, 6.07) is 12.9. The van der Waals surface area contributed by atoms with E-state index < -0.39 is 0 Å². The van der Waals surface area contributed by atoms with E-state index in [2.05, 4.69) is 43.4 Å². The third kappa shape index (κ3) is 2.65. The zero-order valence-electron chi connectivity index (χ0n) is 12.4. The molecule has 1 fully saturated rings. The van der Waals surface area contributed by atoms with Crippen LogP contribution >= 0.6 is 0 Å². The molecule has 20 heavy (non-hydrogen) atoms. The molecule has 3 rings (SSSR count). The molecule has 1 aliphatic heterocycles. The first-order valence-corrected chi connectivity index (χ1v) is 7.47. The van der Waals surface area contributed by atoms with Crippen molar-refractivity contribution in [2.45, 2.75) is 6.54 Å². The van der Waals surface area contributed by atoms with E-state index in [4.69, 9.17) is 4.74 Å². The molecule has 0 atom stereocenters. The molecule has 1 aliphatic rings. The van der Waals surface area contributed by atoms with Crippen LogP contribution in [-0.4, -0.2) is 40.3 Å². The van der Waals surface area contributed by atoms with Gasteiger partial charge in [0.15, 0.2) is 0 Å². The second-order valence-electron chi connectivity index (χ2n) is 5.85. The quantitative estimate of drug-likeness (QED) is 0.789.